The number of benzene rings is 2. The lowest BCUT2D eigenvalue weighted by Crippen LogP contribution is -2.17. The highest BCUT2D eigenvalue weighted by Crippen LogP contribution is 2.34. The normalized spacial score (nSPS) is 11.8. The first kappa shape index (κ1) is 17.7. The summed E-state index contributed by atoms with van der Waals surface area (Å²) in [6.07, 6.45) is -0.585. The summed E-state index contributed by atoms with van der Waals surface area (Å²) in [5.74, 6) is -4.38. The van der Waals surface area contributed by atoms with Crippen LogP contribution >= 0.6 is 11.6 Å². The van der Waals surface area contributed by atoms with Crippen LogP contribution in [0, 0.1) is 12.7 Å². The molecule has 0 aromatic heterocycles. The molecule has 7 heteroatoms. The van der Waals surface area contributed by atoms with Gasteiger partial charge in [-0.15, -0.1) is 0 Å². The summed E-state index contributed by atoms with van der Waals surface area (Å²) in [6, 6.07) is 9.01. The van der Waals surface area contributed by atoms with Gasteiger partial charge in [0, 0.05) is 5.69 Å². The molecular formula is C17H15ClFNO4. The van der Waals surface area contributed by atoms with Crippen LogP contribution in [0.25, 0.3) is 0 Å². The van der Waals surface area contributed by atoms with E-state index in [4.69, 9.17) is 16.7 Å². The van der Waals surface area contributed by atoms with E-state index in [1.807, 2.05) is 0 Å². The van der Waals surface area contributed by atoms with E-state index >= 15 is 0 Å². The first-order valence-corrected chi connectivity index (χ1v) is 7.43. The van der Waals surface area contributed by atoms with Gasteiger partial charge in [-0.1, -0.05) is 35.4 Å². The SMILES string of the molecule is Cc1ccc(Nc2c(F)cccc2Cl)c(C(CC(=O)O)C(=O)O)c1. The molecular weight excluding hydrogens is 337 g/mol. The molecule has 0 radical (unpaired) electrons. The third-order valence-corrected chi connectivity index (χ3v) is 3.80. The summed E-state index contributed by atoms with van der Waals surface area (Å²) in [5, 5.41) is 21.3. The first-order valence-electron chi connectivity index (χ1n) is 7.05. The van der Waals surface area contributed by atoms with Gasteiger partial charge in [0.05, 0.1) is 23.0 Å². The molecule has 3 N–H and O–H groups in total. The molecule has 0 heterocycles. The van der Waals surface area contributed by atoms with Crippen LogP contribution in [-0.2, 0) is 9.59 Å². The zero-order chi connectivity index (χ0) is 17.9. The monoisotopic (exact) mass is 351 g/mol. The fourth-order valence-electron chi connectivity index (χ4n) is 2.34. The number of nitrogens with one attached hydrogen (secondary N) is 1. The van der Waals surface area contributed by atoms with Crippen molar-refractivity contribution in [1.82, 2.24) is 0 Å². The molecule has 0 fully saturated rings. The lowest BCUT2D eigenvalue weighted by Gasteiger charge is -2.18. The Bertz CT molecular complexity index is 774. The predicted octanol–water partition coefficient (Wildman–Crippen LogP) is 4.17. The van der Waals surface area contributed by atoms with Crippen LogP contribution in [0.4, 0.5) is 15.8 Å². The lowest BCUT2D eigenvalue weighted by atomic mass is 9.92. The number of carbonyl (C=O) groups is 2. The van der Waals surface area contributed by atoms with E-state index < -0.39 is 30.1 Å². The smallest absolute Gasteiger partial charge is 0.311 e. The van der Waals surface area contributed by atoms with Gasteiger partial charge in [-0.25, -0.2) is 4.39 Å². The summed E-state index contributed by atoms with van der Waals surface area (Å²) < 4.78 is 14.0. The van der Waals surface area contributed by atoms with Gasteiger partial charge in [0.25, 0.3) is 0 Å². The quantitative estimate of drug-likeness (QED) is 0.727. The maximum Gasteiger partial charge on any atom is 0.311 e. The van der Waals surface area contributed by atoms with E-state index in [0.29, 0.717) is 5.69 Å². The van der Waals surface area contributed by atoms with E-state index in [1.54, 1.807) is 25.1 Å². The molecule has 2 aromatic carbocycles. The Kier molecular flexibility index (Phi) is 5.41. The van der Waals surface area contributed by atoms with Crippen LogP contribution in [0.15, 0.2) is 36.4 Å². The first-order chi connectivity index (χ1) is 11.3. The number of para-hydroxylation sites is 1. The van der Waals surface area contributed by atoms with Gasteiger partial charge in [0.15, 0.2) is 0 Å². The Labute approximate surface area is 142 Å². The van der Waals surface area contributed by atoms with E-state index in [-0.39, 0.29) is 16.3 Å². The van der Waals surface area contributed by atoms with E-state index in [1.165, 1.54) is 18.2 Å². The number of carboxylic acid groups (broad SMARTS) is 2. The van der Waals surface area contributed by atoms with Gasteiger partial charge in [-0.3, -0.25) is 9.59 Å². The molecule has 0 amide bonds. The van der Waals surface area contributed by atoms with Crippen molar-refractivity contribution < 1.29 is 24.2 Å². The van der Waals surface area contributed by atoms with Crippen LogP contribution in [0.5, 0.6) is 0 Å². The molecule has 126 valence electrons. The number of hydrogen-bond donors (Lipinski definition) is 3. The maximum atomic E-state index is 14.0. The molecule has 1 atom stereocenters. The average molecular weight is 352 g/mol. The van der Waals surface area contributed by atoms with Gasteiger partial charge >= 0.3 is 11.9 Å². The van der Waals surface area contributed by atoms with Crippen molar-refractivity contribution in [1.29, 1.82) is 0 Å². The molecule has 5 nitrogen and oxygen atoms in total. The van der Waals surface area contributed by atoms with Crippen molar-refractivity contribution >= 4 is 34.9 Å². The Morgan fingerprint density at radius 2 is 1.96 bits per heavy atom. The van der Waals surface area contributed by atoms with E-state index in [2.05, 4.69) is 5.32 Å². The summed E-state index contributed by atoms with van der Waals surface area (Å²) in [5.41, 5.74) is 1.31. The molecule has 0 aliphatic carbocycles. The van der Waals surface area contributed by atoms with E-state index in [0.717, 1.165) is 5.56 Å². The van der Waals surface area contributed by atoms with Gasteiger partial charge in [-0.05, 0) is 30.7 Å². The molecule has 0 aliphatic rings. The molecule has 0 aliphatic heterocycles. The Hall–Kier alpha value is -2.60. The van der Waals surface area contributed by atoms with Gasteiger partial charge in [0.1, 0.15) is 5.82 Å². The number of halogens is 2. The number of aryl methyl sites for hydroxylation is 1. The summed E-state index contributed by atoms with van der Waals surface area (Å²) in [4.78, 5) is 22.5. The van der Waals surface area contributed by atoms with Crippen molar-refractivity contribution in [2.24, 2.45) is 0 Å². The minimum atomic E-state index is -1.27. The molecule has 0 saturated heterocycles. The minimum Gasteiger partial charge on any atom is -0.481 e. The zero-order valence-electron chi connectivity index (χ0n) is 12.7. The van der Waals surface area contributed by atoms with Crippen molar-refractivity contribution in [2.75, 3.05) is 5.32 Å². The van der Waals surface area contributed by atoms with Crippen molar-refractivity contribution in [2.45, 2.75) is 19.3 Å². The average Bonchev–Trinajstić information content (AvgIpc) is 2.49. The van der Waals surface area contributed by atoms with Crippen LogP contribution < -0.4 is 5.32 Å². The second-order valence-electron chi connectivity index (χ2n) is 5.30. The fraction of sp³-hybridized carbons (Fsp3) is 0.176. The largest absolute Gasteiger partial charge is 0.481 e. The molecule has 1 unspecified atom stereocenters. The van der Waals surface area contributed by atoms with Gasteiger partial charge in [0.2, 0.25) is 0 Å². The van der Waals surface area contributed by atoms with Crippen molar-refractivity contribution in [3.05, 3.63) is 58.4 Å². The molecule has 24 heavy (non-hydrogen) atoms. The Morgan fingerprint density at radius 1 is 1.25 bits per heavy atom. The fourth-order valence-corrected chi connectivity index (χ4v) is 2.55. The second kappa shape index (κ2) is 7.31. The maximum absolute atomic E-state index is 14.0. The summed E-state index contributed by atoms with van der Waals surface area (Å²) in [7, 11) is 0. The van der Waals surface area contributed by atoms with Crippen LogP contribution in [0.1, 0.15) is 23.5 Å². The lowest BCUT2D eigenvalue weighted by molar-refractivity contribution is -0.145. The van der Waals surface area contributed by atoms with Crippen molar-refractivity contribution in [3.63, 3.8) is 0 Å². The van der Waals surface area contributed by atoms with Crippen LogP contribution in [0.2, 0.25) is 5.02 Å². The third kappa shape index (κ3) is 4.02. The Balaban J connectivity index is 2.51. The van der Waals surface area contributed by atoms with Crippen LogP contribution in [-0.4, -0.2) is 22.2 Å². The number of rotatable bonds is 6. The van der Waals surface area contributed by atoms with Gasteiger partial charge < -0.3 is 15.5 Å². The standard InChI is InChI=1S/C17H15ClFNO4/c1-9-5-6-14(20-16-12(18)3-2-4-13(16)19)10(7-9)11(17(23)24)8-15(21)22/h2-7,11,20H,8H2,1H3,(H,21,22)(H,23,24). The minimum absolute atomic E-state index is 0.00346. The molecule has 0 bridgehead atoms. The molecule has 0 spiro atoms. The van der Waals surface area contributed by atoms with Gasteiger partial charge in [-0.2, -0.15) is 0 Å². The highest BCUT2D eigenvalue weighted by atomic mass is 35.5. The molecule has 0 saturated carbocycles. The molecule has 2 rings (SSSR count). The predicted molar refractivity (Wildman–Crippen MR) is 88.5 cm³/mol. The highest BCUT2D eigenvalue weighted by molar-refractivity contribution is 6.33. The summed E-state index contributed by atoms with van der Waals surface area (Å²) in [6.45, 7) is 1.75. The zero-order valence-corrected chi connectivity index (χ0v) is 13.5. The van der Waals surface area contributed by atoms with Crippen LogP contribution in [0.3, 0.4) is 0 Å². The second-order valence-corrected chi connectivity index (χ2v) is 5.71. The Morgan fingerprint density at radius 3 is 2.54 bits per heavy atom. The number of aliphatic carboxylic acids is 2. The van der Waals surface area contributed by atoms with E-state index in [9.17, 15) is 19.1 Å². The number of hydrogen-bond acceptors (Lipinski definition) is 3. The topological polar surface area (TPSA) is 86.6 Å². The number of carboxylic acids is 2. The number of anilines is 2. The molecule has 2 aromatic rings. The van der Waals surface area contributed by atoms with Crippen molar-refractivity contribution in [3.8, 4) is 0 Å². The third-order valence-electron chi connectivity index (χ3n) is 3.48. The highest BCUT2D eigenvalue weighted by Gasteiger charge is 2.26. The summed E-state index contributed by atoms with van der Waals surface area (Å²) >= 11 is 5.98.